The van der Waals surface area contributed by atoms with E-state index in [1.807, 2.05) is 6.92 Å². The third kappa shape index (κ3) is 5.63. The molecular weight excluding hydrogens is 370 g/mol. The van der Waals surface area contributed by atoms with Crippen LogP contribution in [0, 0.1) is 13.8 Å². The Bertz CT molecular complexity index is 952. The number of benzene rings is 2. The van der Waals surface area contributed by atoms with Crippen molar-refractivity contribution in [3.05, 3.63) is 59.2 Å². The van der Waals surface area contributed by atoms with Gasteiger partial charge in [-0.1, -0.05) is 18.2 Å². The highest BCUT2D eigenvalue weighted by Gasteiger charge is 2.17. The highest BCUT2D eigenvalue weighted by molar-refractivity contribution is 7.89. The Morgan fingerprint density at radius 1 is 1.04 bits per heavy atom. The molecule has 144 valence electrons. The highest BCUT2D eigenvalue weighted by Crippen LogP contribution is 2.15. The molecule has 1 N–H and O–H groups in total. The molecular formula is C19H21NO6S. The second kappa shape index (κ2) is 8.79. The maximum atomic E-state index is 12.2. The molecule has 0 bridgehead atoms. The zero-order valence-electron chi connectivity index (χ0n) is 15.3. The van der Waals surface area contributed by atoms with E-state index in [0.29, 0.717) is 11.3 Å². The number of sulfonamides is 1. The fourth-order valence-electron chi connectivity index (χ4n) is 2.20. The van der Waals surface area contributed by atoms with Crippen molar-refractivity contribution in [2.75, 3.05) is 20.3 Å². The zero-order valence-corrected chi connectivity index (χ0v) is 16.1. The Labute approximate surface area is 158 Å². The van der Waals surface area contributed by atoms with Crippen molar-refractivity contribution in [2.45, 2.75) is 18.7 Å². The van der Waals surface area contributed by atoms with Crippen molar-refractivity contribution in [2.24, 2.45) is 0 Å². The molecule has 7 nitrogen and oxygen atoms in total. The number of ether oxygens (including phenoxy) is 2. The van der Waals surface area contributed by atoms with Gasteiger partial charge in [-0.15, -0.1) is 0 Å². The number of hydrogen-bond donors (Lipinski definition) is 1. The summed E-state index contributed by atoms with van der Waals surface area (Å²) in [5, 5.41) is 0. The predicted octanol–water partition coefficient (Wildman–Crippen LogP) is 2.02. The van der Waals surface area contributed by atoms with Gasteiger partial charge in [0, 0.05) is 5.56 Å². The van der Waals surface area contributed by atoms with Crippen molar-refractivity contribution in [1.82, 2.24) is 4.72 Å². The van der Waals surface area contributed by atoms with Crippen LogP contribution in [0.3, 0.4) is 0 Å². The van der Waals surface area contributed by atoms with Gasteiger partial charge in [-0.2, -0.15) is 4.72 Å². The summed E-state index contributed by atoms with van der Waals surface area (Å²) in [6.07, 6.45) is 0. The average Bonchev–Trinajstić information content (AvgIpc) is 2.66. The molecule has 0 unspecified atom stereocenters. The van der Waals surface area contributed by atoms with Gasteiger partial charge in [0.05, 0.1) is 12.0 Å². The molecule has 0 heterocycles. The summed E-state index contributed by atoms with van der Waals surface area (Å²) >= 11 is 0. The van der Waals surface area contributed by atoms with Gasteiger partial charge < -0.3 is 9.47 Å². The fourth-order valence-corrected chi connectivity index (χ4v) is 3.25. The number of nitrogens with one attached hydrogen (secondary N) is 1. The number of rotatable bonds is 8. The largest absolute Gasteiger partial charge is 0.497 e. The summed E-state index contributed by atoms with van der Waals surface area (Å²) in [4.78, 5) is 23.9. The molecule has 2 aromatic rings. The van der Waals surface area contributed by atoms with Crippen molar-refractivity contribution >= 4 is 21.8 Å². The lowest BCUT2D eigenvalue weighted by atomic mass is 10.1. The second-order valence-electron chi connectivity index (χ2n) is 5.89. The van der Waals surface area contributed by atoms with E-state index in [-0.39, 0.29) is 4.90 Å². The minimum atomic E-state index is -3.85. The third-order valence-corrected chi connectivity index (χ3v) is 5.35. The van der Waals surface area contributed by atoms with Crippen LogP contribution in [0.2, 0.25) is 0 Å². The summed E-state index contributed by atoms with van der Waals surface area (Å²) in [6, 6.07) is 11.1. The highest BCUT2D eigenvalue weighted by atomic mass is 32.2. The van der Waals surface area contributed by atoms with E-state index in [1.54, 1.807) is 31.2 Å². The van der Waals surface area contributed by atoms with Crippen molar-refractivity contribution in [3.63, 3.8) is 0 Å². The molecule has 0 fully saturated rings. The van der Waals surface area contributed by atoms with Gasteiger partial charge in [-0.05, 0) is 49.2 Å². The molecule has 0 amide bonds. The monoisotopic (exact) mass is 391 g/mol. The first-order valence-electron chi connectivity index (χ1n) is 8.13. The van der Waals surface area contributed by atoms with Crippen LogP contribution in [0.5, 0.6) is 5.75 Å². The van der Waals surface area contributed by atoms with Gasteiger partial charge in [0.1, 0.15) is 12.3 Å². The molecule has 0 aliphatic carbocycles. The summed E-state index contributed by atoms with van der Waals surface area (Å²) < 4.78 is 36.5. The fraction of sp³-hybridized carbons (Fsp3) is 0.263. The number of carbonyl (C=O) groups is 2. The predicted molar refractivity (Wildman–Crippen MR) is 99.4 cm³/mol. The maximum Gasteiger partial charge on any atom is 0.321 e. The minimum Gasteiger partial charge on any atom is -0.497 e. The van der Waals surface area contributed by atoms with E-state index in [1.165, 1.54) is 25.3 Å². The van der Waals surface area contributed by atoms with Gasteiger partial charge >= 0.3 is 5.97 Å². The van der Waals surface area contributed by atoms with E-state index in [0.717, 1.165) is 11.1 Å². The van der Waals surface area contributed by atoms with Gasteiger partial charge in [-0.25, -0.2) is 8.42 Å². The van der Waals surface area contributed by atoms with E-state index in [9.17, 15) is 18.0 Å². The van der Waals surface area contributed by atoms with Crippen LogP contribution in [0.1, 0.15) is 21.5 Å². The Morgan fingerprint density at radius 2 is 1.78 bits per heavy atom. The first kappa shape index (κ1) is 20.6. The molecule has 2 aromatic carbocycles. The Hall–Kier alpha value is -2.71. The molecule has 2 rings (SSSR count). The van der Waals surface area contributed by atoms with Crippen LogP contribution in [-0.2, 0) is 19.6 Å². The number of hydrogen-bond acceptors (Lipinski definition) is 6. The lowest BCUT2D eigenvalue weighted by molar-refractivity contribution is -0.141. The van der Waals surface area contributed by atoms with Crippen molar-refractivity contribution in [1.29, 1.82) is 0 Å². The molecule has 0 atom stereocenters. The number of aryl methyl sites for hydroxylation is 2. The Balaban J connectivity index is 1.89. The topological polar surface area (TPSA) is 98.8 Å². The average molecular weight is 391 g/mol. The van der Waals surface area contributed by atoms with Crippen LogP contribution >= 0.6 is 0 Å². The number of carbonyl (C=O) groups excluding carboxylic acids is 2. The minimum absolute atomic E-state index is 0.0610. The normalized spacial score (nSPS) is 11.1. The SMILES string of the molecule is COc1cccc(C(=O)COC(=O)CNS(=O)(=O)c2ccc(C)c(C)c2)c1. The van der Waals surface area contributed by atoms with Crippen LogP contribution in [0.15, 0.2) is 47.4 Å². The van der Waals surface area contributed by atoms with Crippen LogP contribution in [-0.4, -0.2) is 40.4 Å². The summed E-state index contributed by atoms with van der Waals surface area (Å²) in [5.41, 5.74) is 2.12. The molecule has 0 aliphatic heterocycles. The van der Waals surface area contributed by atoms with Crippen molar-refractivity contribution < 1.29 is 27.5 Å². The molecule has 8 heteroatoms. The number of Topliss-reactive ketones (excluding diaryl/α,β-unsaturated/α-hetero) is 1. The molecule has 0 aromatic heterocycles. The molecule has 0 radical (unpaired) electrons. The van der Waals surface area contributed by atoms with Gasteiger partial charge in [-0.3, -0.25) is 9.59 Å². The van der Waals surface area contributed by atoms with Gasteiger partial charge in [0.2, 0.25) is 10.0 Å². The zero-order chi connectivity index (χ0) is 20.0. The van der Waals surface area contributed by atoms with Crippen molar-refractivity contribution in [3.8, 4) is 5.75 Å². The molecule has 0 saturated carbocycles. The lowest BCUT2D eigenvalue weighted by Gasteiger charge is -2.09. The van der Waals surface area contributed by atoms with E-state index in [2.05, 4.69) is 4.72 Å². The summed E-state index contributed by atoms with van der Waals surface area (Å²) in [6.45, 7) is 2.61. The number of ketones is 1. The standard InChI is InChI=1S/C19H21NO6S/c1-13-7-8-17(9-14(13)2)27(23,24)20-11-19(22)26-12-18(21)15-5-4-6-16(10-15)25-3/h4-10,20H,11-12H2,1-3H3. The molecule has 27 heavy (non-hydrogen) atoms. The van der Waals surface area contributed by atoms with E-state index >= 15 is 0 Å². The van der Waals surface area contributed by atoms with Gasteiger partial charge in [0.15, 0.2) is 12.4 Å². The smallest absolute Gasteiger partial charge is 0.321 e. The van der Waals surface area contributed by atoms with E-state index in [4.69, 9.17) is 9.47 Å². The third-order valence-electron chi connectivity index (χ3n) is 3.95. The first-order chi connectivity index (χ1) is 12.7. The first-order valence-corrected chi connectivity index (χ1v) is 9.61. The summed E-state index contributed by atoms with van der Waals surface area (Å²) in [5.74, 6) is -0.758. The maximum absolute atomic E-state index is 12.2. The van der Waals surface area contributed by atoms with Gasteiger partial charge in [0.25, 0.3) is 0 Å². The Kier molecular flexibility index (Phi) is 6.70. The van der Waals surface area contributed by atoms with Crippen LogP contribution in [0.4, 0.5) is 0 Å². The molecule has 0 saturated heterocycles. The second-order valence-corrected chi connectivity index (χ2v) is 7.65. The quantitative estimate of drug-likeness (QED) is 0.546. The summed E-state index contributed by atoms with van der Waals surface area (Å²) in [7, 11) is -2.37. The number of esters is 1. The lowest BCUT2D eigenvalue weighted by Crippen LogP contribution is -2.31. The van der Waals surface area contributed by atoms with Crippen LogP contribution in [0.25, 0.3) is 0 Å². The Morgan fingerprint density at radius 3 is 2.44 bits per heavy atom. The van der Waals surface area contributed by atoms with E-state index < -0.39 is 34.9 Å². The van der Waals surface area contributed by atoms with Crippen LogP contribution < -0.4 is 9.46 Å². The molecule has 0 aliphatic rings. The number of methoxy groups -OCH3 is 1. The molecule has 0 spiro atoms.